The number of anilines is 1. The van der Waals surface area contributed by atoms with E-state index in [9.17, 15) is 0 Å². The maximum Gasteiger partial charge on any atom is 0.112 e. The number of nitrogens with zero attached hydrogens (tertiary/aromatic N) is 2. The SMILES string of the molecule is CC1c2c(cc3ccc4cccc5ccc2c3c45)N2C=CN(C)C12. The third kappa shape index (κ3) is 1.30. The summed E-state index contributed by atoms with van der Waals surface area (Å²) in [6.07, 6.45) is 4.83. The van der Waals surface area contributed by atoms with Gasteiger partial charge in [-0.15, -0.1) is 0 Å². The first-order chi connectivity index (χ1) is 11.7. The molecule has 2 heterocycles. The number of benzene rings is 4. The number of fused-ring (bicyclic) bond motifs is 4. The molecule has 2 aliphatic rings. The molecule has 0 saturated heterocycles. The molecule has 2 heteroatoms. The second-order valence-corrected chi connectivity index (χ2v) is 7.24. The standard InChI is InChI=1S/C22H18N2/c1-13-19-17-9-8-15-5-3-4-14-6-7-16(21(17)20(14)15)12-18(19)24-11-10-23(2)22(13)24/h3-13,22H,1-2H3. The summed E-state index contributed by atoms with van der Waals surface area (Å²) in [7, 11) is 2.18. The molecule has 0 fully saturated rings. The Kier molecular flexibility index (Phi) is 2.12. The Morgan fingerprint density at radius 2 is 1.58 bits per heavy atom. The van der Waals surface area contributed by atoms with Crippen molar-refractivity contribution in [3.8, 4) is 0 Å². The van der Waals surface area contributed by atoms with Crippen LogP contribution in [0.4, 0.5) is 5.69 Å². The van der Waals surface area contributed by atoms with E-state index in [1.165, 1.54) is 43.6 Å². The molecule has 0 aliphatic carbocycles. The Hall–Kier alpha value is -2.74. The second kappa shape index (κ2) is 4.02. The molecule has 6 rings (SSSR count). The van der Waals surface area contributed by atoms with Crippen LogP contribution in [0.15, 0.2) is 60.9 Å². The maximum atomic E-state index is 2.44. The molecule has 2 nitrogen and oxygen atoms in total. The summed E-state index contributed by atoms with van der Waals surface area (Å²) < 4.78 is 0. The summed E-state index contributed by atoms with van der Waals surface area (Å²) in [6, 6.07) is 18.2. The summed E-state index contributed by atoms with van der Waals surface area (Å²) in [6.45, 7) is 2.36. The Labute approximate surface area is 140 Å². The lowest BCUT2D eigenvalue weighted by atomic mass is 9.88. The van der Waals surface area contributed by atoms with Crippen molar-refractivity contribution >= 4 is 38.0 Å². The number of hydrogen-bond donors (Lipinski definition) is 0. The van der Waals surface area contributed by atoms with E-state index in [4.69, 9.17) is 0 Å². The van der Waals surface area contributed by atoms with E-state index in [-0.39, 0.29) is 0 Å². The number of hydrogen-bond acceptors (Lipinski definition) is 2. The number of rotatable bonds is 0. The molecular weight excluding hydrogens is 292 g/mol. The zero-order valence-corrected chi connectivity index (χ0v) is 13.8. The largest absolute Gasteiger partial charge is 0.358 e. The van der Waals surface area contributed by atoms with E-state index < -0.39 is 0 Å². The van der Waals surface area contributed by atoms with Crippen LogP contribution < -0.4 is 4.90 Å². The highest BCUT2D eigenvalue weighted by atomic mass is 15.4. The normalized spacial score (nSPS) is 22.2. The fourth-order valence-electron chi connectivity index (χ4n) is 5.02. The first-order valence-corrected chi connectivity index (χ1v) is 8.63. The minimum absolute atomic E-state index is 0.411. The van der Waals surface area contributed by atoms with Gasteiger partial charge in [-0.3, -0.25) is 0 Å². The minimum atomic E-state index is 0.411. The topological polar surface area (TPSA) is 6.48 Å². The van der Waals surface area contributed by atoms with Crippen LogP contribution in [0, 0.1) is 0 Å². The van der Waals surface area contributed by atoms with Crippen molar-refractivity contribution in [3.63, 3.8) is 0 Å². The molecule has 116 valence electrons. The van der Waals surface area contributed by atoms with Crippen LogP contribution >= 0.6 is 0 Å². The molecule has 2 atom stereocenters. The molecule has 0 bridgehead atoms. The summed E-state index contributed by atoms with van der Waals surface area (Å²) in [4.78, 5) is 4.77. The molecule has 0 N–H and O–H groups in total. The van der Waals surface area contributed by atoms with Crippen molar-refractivity contribution in [2.24, 2.45) is 0 Å². The quantitative estimate of drug-likeness (QED) is 0.409. The zero-order valence-electron chi connectivity index (χ0n) is 13.8. The van der Waals surface area contributed by atoms with Crippen LogP contribution in [-0.2, 0) is 0 Å². The molecule has 0 amide bonds. The average Bonchev–Trinajstić information content (AvgIpc) is 3.12. The van der Waals surface area contributed by atoms with Gasteiger partial charge >= 0.3 is 0 Å². The van der Waals surface area contributed by atoms with Crippen LogP contribution in [0.2, 0.25) is 0 Å². The van der Waals surface area contributed by atoms with Crippen LogP contribution in [-0.4, -0.2) is 18.1 Å². The van der Waals surface area contributed by atoms with E-state index in [0.29, 0.717) is 12.1 Å². The molecule has 0 radical (unpaired) electrons. The van der Waals surface area contributed by atoms with Crippen LogP contribution in [0.3, 0.4) is 0 Å². The van der Waals surface area contributed by atoms with E-state index >= 15 is 0 Å². The molecule has 2 aliphatic heterocycles. The van der Waals surface area contributed by atoms with Crippen LogP contribution in [0.1, 0.15) is 18.4 Å². The van der Waals surface area contributed by atoms with Gasteiger partial charge in [-0.2, -0.15) is 0 Å². The minimum Gasteiger partial charge on any atom is -0.358 e. The third-order valence-corrected chi connectivity index (χ3v) is 6.01. The predicted molar refractivity (Wildman–Crippen MR) is 102 cm³/mol. The van der Waals surface area contributed by atoms with E-state index in [1.807, 2.05) is 0 Å². The van der Waals surface area contributed by atoms with Gasteiger partial charge in [-0.25, -0.2) is 0 Å². The lowest BCUT2D eigenvalue weighted by Gasteiger charge is -2.26. The van der Waals surface area contributed by atoms with Gasteiger partial charge in [0.2, 0.25) is 0 Å². The van der Waals surface area contributed by atoms with Crippen LogP contribution in [0.5, 0.6) is 0 Å². The van der Waals surface area contributed by atoms with Gasteiger partial charge in [0.15, 0.2) is 0 Å². The highest BCUT2D eigenvalue weighted by Gasteiger charge is 2.40. The first-order valence-electron chi connectivity index (χ1n) is 8.63. The Bertz CT molecular complexity index is 1140. The molecule has 24 heavy (non-hydrogen) atoms. The zero-order chi connectivity index (χ0) is 16.0. The van der Waals surface area contributed by atoms with Crippen molar-refractivity contribution in [3.05, 3.63) is 66.5 Å². The summed E-state index contributed by atoms with van der Waals surface area (Å²) in [5, 5.41) is 8.31. The van der Waals surface area contributed by atoms with Crippen molar-refractivity contribution in [1.82, 2.24) is 4.90 Å². The predicted octanol–water partition coefficient (Wildman–Crippen LogP) is 5.25. The Morgan fingerprint density at radius 3 is 2.42 bits per heavy atom. The van der Waals surface area contributed by atoms with E-state index in [0.717, 1.165) is 0 Å². The van der Waals surface area contributed by atoms with Gasteiger partial charge in [0.25, 0.3) is 0 Å². The molecule has 0 saturated carbocycles. The van der Waals surface area contributed by atoms with Gasteiger partial charge < -0.3 is 9.80 Å². The summed E-state index contributed by atoms with van der Waals surface area (Å²) in [5.74, 6) is 0.490. The average molecular weight is 310 g/mol. The van der Waals surface area contributed by atoms with Crippen molar-refractivity contribution in [2.75, 3.05) is 11.9 Å². The molecule has 4 aromatic rings. The fraction of sp³-hybridized carbons (Fsp3) is 0.182. The highest BCUT2D eigenvalue weighted by Crippen LogP contribution is 2.50. The molecule has 2 unspecified atom stereocenters. The fourth-order valence-corrected chi connectivity index (χ4v) is 5.02. The Balaban J connectivity index is 1.82. The lowest BCUT2D eigenvalue weighted by molar-refractivity contribution is 0.334. The van der Waals surface area contributed by atoms with Crippen molar-refractivity contribution in [2.45, 2.75) is 19.0 Å². The molecule has 0 aromatic heterocycles. The van der Waals surface area contributed by atoms with Gasteiger partial charge in [0, 0.05) is 31.1 Å². The van der Waals surface area contributed by atoms with E-state index in [2.05, 4.69) is 84.7 Å². The Morgan fingerprint density at radius 1 is 0.833 bits per heavy atom. The van der Waals surface area contributed by atoms with E-state index in [1.54, 1.807) is 0 Å². The maximum absolute atomic E-state index is 2.44. The van der Waals surface area contributed by atoms with Crippen LogP contribution in [0.25, 0.3) is 32.3 Å². The van der Waals surface area contributed by atoms with Crippen molar-refractivity contribution in [1.29, 1.82) is 0 Å². The van der Waals surface area contributed by atoms with Gasteiger partial charge in [-0.1, -0.05) is 49.4 Å². The van der Waals surface area contributed by atoms with Gasteiger partial charge in [0.1, 0.15) is 6.17 Å². The van der Waals surface area contributed by atoms with Crippen molar-refractivity contribution < 1.29 is 0 Å². The van der Waals surface area contributed by atoms with Gasteiger partial charge in [-0.05, 0) is 43.9 Å². The summed E-state index contributed by atoms with van der Waals surface area (Å²) in [5.41, 5.74) is 2.88. The lowest BCUT2D eigenvalue weighted by Crippen LogP contribution is -2.35. The molecule has 4 aromatic carbocycles. The highest BCUT2D eigenvalue weighted by molar-refractivity contribution is 6.24. The first kappa shape index (κ1) is 12.7. The second-order valence-electron chi connectivity index (χ2n) is 7.24. The van der Waals surface area contributed by atoms with Gasteiger partial charge in [0.05, 0.1) is 0 Å². The monoisotopic (exact) mass is 310 g/mol. The smallest absolute Gasteiger partial charge is 0.112 e. The summed E-state index contributed by atoms with van der Waals surface area (Å²) >= 11 is 0. The molecular formula is C22H18N2. The molecule has 0 spiro atoms. The number of likely N-dealkylation sites (N-methyl/N-ethyl adjacent to an activating group) is 1. The third-order valence-electron chi connectivity index (χ3n) is 6.01.